The highest BCUT2D eigenvalue weighted by Gasteiger charge is 2.18. The third-order valence-electron chi connectivity index (χ3n) is 0.767. The molecule has 0 N–H and O–H groups in total. The molecule has 8 heavy (non-hydrogen) atoms. The lowest BCUT2D eigenvalue weighted by atomic mass is 10.9. The first-order valence-corrected chi connectivity index (χ1v) is 6.41. The van der Waals surface area contributed by atoms with Crippen LogP contribution in [0.25, 0.3) is 0 Å². The number of rotatable bonds is 2. The highest BCUT2D eigenvalue weighted by molar-refractivity contribution is 6.76. The van der Waals surface area contributed by atoms with E-state index in [1.165, 1.54) is 0 Å². The van der Waals surface area contributed by atoms with Crippen molar-refractivity contribution in [2.45, 2.75) is 32.1 Å². The van der Waals surface area contributed by atoms with Crippen LogP contribution in [0.15, 0.2) is 0 Å². The van der Waals surface area contributed by atoms with Crippen LogP contribution in [0.5, 0.6) is 0 Å². The number of halogens is 2. The van der Waals surface area contributed by atoms with Crippen LogP contribution in [-0.2, 0) is 0 Å². The van der Waals surface area contributed by atoms with Gasteiger partial charge < -0.3 is 0 Å². The van der Waals surface area contributed by atoms with E-state index in [-0.39, 0.29) is 6.04 Å². The van der Waals surface area contributed by atoms with Crippen LogP contribution in [0.3, 0.4) is 0 Å². The summed E-state index contributed by atoms with van der Waals surface area (Å²) in [6, 6.07) is 0.132. The minimum Gasteiger partial charge on any atom is -0.211 e. The van der Waals surface area contributed by atoms with Gasteiger partial charge in [-0.1, -0.05) is 19.6 Å². The minimum atomic E-state index is -2.10. The Morgan fingerprint density at radius 2 is 1.62 bits per heavy atom. The molecule has 0 aromatic carbocycles. The van der Waals surface area contributed by atoms with Gasteiger partial charge in [-0.2, -0.15) is 0 Å². The molecule has 0 aliphatic rings. The highest BCUT2D eigenvalue weighted by Crippen LogP contribution is 2.13. The molecule has 0 bridgehead atoms. The zero-order valence-corrected chi connectivity index (χ0v) is 6.54. The first kappa shape index (κ1) is 8.08. The molecular weight excluding hydrogens is 126 g/mol. The average molecular weight is 138 g/mol. The summed E-state index contributed by atoms with van der Waals surface area (Å²) in [5.41, 5.74) is 0. The van der Waals surface area contributed by atoms with E-state index in [4.69, 9.17) is 0 Å². The minimum absolute atomic E-state index is 0.132. The molecule has 0 saturated heterocycles. The molecule has 0 aliphatic heterocycles. The fourth-order valence-corrected chi connectivity index (χ4v) is 1.39. The van der Waals surface area contributed by atoms with Gasteiger partial charge in [0.25, 0.3) is 0 Å². The van der Waals surface area contributed by atoms with Crippen LogP contribution in [0.1, 0.15) is 0 Å². The SMILES string of the molecule is C[Si](C)(C)CC(F)F. The molecule has 0 fully saturated rings. The van der Waals surface area contributed by atoms with Crippen molar-refractivity contribution in [1.29, 1.82) is 0 Å². The van der Waals surface area contributed by atoms with Gasteiger partial charge in [-0.05, 0) is 0 Å². The predicted octanol–water partition coefficient (Wildman–Crippen LogP) is 2.59. The molecule has 0 atom stereocenters. The van der Waals surface area contributed by atoms with Gasteiger partial charge in [0.2, 0.25) is 6.43 Å². The lowest BCUT2D eigenvalue weighted by molar-refractivity contribution is 0.169. The van der Waals surface area contributed by atoms with Crippen LogP contribution in [0.2, 0.25) is 25.7 Å². The first-order valence-electron chi connectivity index (χ1n) is 2.70. The molecule has 0 amide bonds. The Morgan fingerprint density at radius 1 is 1.25 bits per heavy atom. The van der Waals surface area contributed by atoms with Gasteiger partial charge >= 0.3 is 0 Å². The molecule has 0 radical (unpaired) electrons. The van der Waals surface area contributed by atoms with E-state index in [0.29, 0.717) is 0 Å². The largest absolute Gasteiger partial charge is 0.236 e. The molecule has 0 aromatic rings. The Morgan fingerprint density at radius 3 is 1.62 bits per heavy atom. The zero-order valence-electron chi connectivity index (χ0n) is 5.54. The van der Waals surface area contributed by atoms with Gasteiger partial charge in [0.15, 0.2) is 0 Å². The second kappa shape index (κ2) is 2.57. The smallest absolute Gasteiger partial charge is 0.211 e. The zero-order chi connectivity index (χ0) is 6.78. The summed E-state index contributed by atoms with van der Waals surface area (Å²) < 4.78 is 23.1. The van der Waals surface area contributed by atoms with Crippen molar-refractivity contribution in [1.82, 2.24) is 0 Å². The van der Waals surface area contributed by atoms with E-state index < -0.39 is 14.5 Å². The Balaban J connectivity index is 3.39. The fourth-order valence-electron chi connectivity index (χ4n) is 0.463. The maximum atomic E-state index is 11.6. The van der Waals surface area contributed by atoms with Gasteiger partial charge in [0, 0.05) is 6.04 Å². The molecule has 0 aromatic heterocycles. The topological polar surface area (TPSA) is 0 Å². The molecule has 0 unspecified atom stereocenters. The summed E-state index contributed by atoms with van der Waals surface area (Å²) in [5.74, 6) is 0. The van der Waals surface area contributed by atoms with Crippen LogP contribution < -0.4 is 0 Å². The average Bonchev–Trinajstić information content (AvgIpc) is 1.21. The lowest BCUT2D eigenvalue weighted by Crippen LogP contribution is -2.22. The van der Waals surface area contributed by atoms with Crippen molar-refractivity contribution in [2.24, 2.45) is 0 Å². The molecular formula is C5H12F2Si. The summed E-state index contributed by atoms with van der Waals surface area (Å²) in [6.45, 7) is 5.83. The van der Waals surface area contributed by atoms with Crippen LogP contribution >= 0.6 is 0 Å². The molecule has 0 heterocycles. The molecule has 0 aliphatic carbocycles. The Bertz CT molecular complexity index is 65.3. The van der Waals surface area contributed by atoms with Crippen molar-refractivity contribution >= 4 is 8.07 Å². The molecule has 0 rings (SSSR count). The highest BCUT2D eigenvalue weighted by atomic mass is 28.3. The Hall–Kier alpha value is 0.0769. The Labute approximate surface area is 49.9 Å². The Kier molecular flexibility index (Phi) is 2.60. The van der Waals surface area contributed by atoms with Crippen molar-refractivity contribution in [3.05, 3.63) is 0 Å². The number of hydrogen-bond acceptors (Lipinski definition) is 0. The monoisotopic (exact) mass is 138 g/mol. The summed E-state index contributed by atoms with van der Waals surface area (Å²) in [5, 5.41) is 0. The molecule has 3 heteroatoms. The second-order valence-corrected chi connectivity index (χ2v) is 8.69. The standard InChI is InChI=1S/C5H12F2Si/c1-8(2,3)4-5(6)7/h5H,4H2,1-3H3. The van der Waals surface area contributed by atoms with Gasteiger partial charge in [-0.15, -0.1) is 0 Å². The summed E-state index contributed by atoms with van der Waals surface area (Å²) >= 11 is 0. The summed E-state index contributed by atoms with van der Waals surface area (Å²) in [7, 11) is -1.47. The van der Waals surface area contributed by atoms with Crippen molar-refractivity contribution in [2.75, 3.05) is 0 Å². The summed E-state index contributed by atoms with van der Waals surface area (Å²) in [4.78, 5) is 0. The van der Waals surface area contributed by atoms with E-state index in [2.05, 4.69) is 0 Å². The maximum absolute atomic E-state index is 11.6. The quantitative estimate of drug-likeness (QED) is 0.514. The van der Waals surface area contributed by atoms with Crippen molar-refractivity contribution in [3.8, 4) is 0 Å². The van der Waals surface area contributed by atoms with Crippen molar-refractivity contribution < 1.29 is 8.78 Å². The molecule has 0 nitrogen and oxygen atoms in total. The van der Waals surface area contributed by atoms with Gasteiger partial charge in [-0.25, -0.2) is 8.78 Å². The second-order valence-electron chi connectivity index (χ2n) is 3.16. The van der Waals surface area contributed by atoms with E-state index in [1.807, 2.05) is 19.6 Å². The third kappa shape index (κ3) is 6.08. The predicted molar refractivity (Wildman–Crippen MR) is 34.2 cm³/mol. The van der Waals surface area contributed by atoms with E-state index in [0.717, 1.165) is 0 Å². The molecule has 0 saturated carbocycles. The van der Waals surface area contributed by atoms with E-state index in [1.54, 1.807) is 0 Å². The molecule has 0 spiro atoms. The van der Waals surface area contributed by atoms with Crippen molar-refractivity contribution in [3.63, 3.8) is 0 Å². The van der Waals surface area contributed by atoms with Crippen LogP contribution in [0, 0.1) is 0 Å². The van der Waals surface area contributed by atoms with Gasteiger partial charge in [0.1, 0.15) is 0 Å². The van der Waals surface area contributed by atoms with E-state index >= 15 is 0 Å². The first-order chi connectivity index (χ1) is 3.42. The summed E-state index contributed by atoms with van der Waals surface area (Å²) in [6.07, 6.45) is -2.10. The molecule has 50 valence electrons. The van der Waals surface area contributed by atoms with Gasteiger partial charge in [0.05, 0.1) is 8.07 Å². The van der Waals surface area contributed by atoms with Crippen LogP contribution in [-0.4, -0.2) is 14.5 Å². The number of hydrogen-bond donors (Lipinski definition) is 0. The van der Waals surface area contributed by atoms with Crippen LogP contribution in [0.4, 0.5) is 8.78 Å². The normalized spacial score (nSPS) is 12.8. The fraction of sp³-hybridized carbons (Fsp3) is 1.00. The maximum Gasteiger partial charge on any atom is 0.236 e. The lowest BCUT2D eigenvalue weighted by Gasteiger charge is -2.13. The van der Waals surface area contributed by atoms with Gasteiger partial charge in [-0.3, -0.25) is 0 Å². The van der Waals surface area contributed by atoms with E-state index in [9.17, 15) is 8.78 Å². The number of alkyl halides is 2. The third-order valence-corrected chi connectivity index (χ3v) is 2.30.